The summed E-state index contributed by atoms with van der Waals surface area (Å²) in [7, 11) is 0. The molecule has 4 aliphatic carbocycles. The van der Waals surface area contributed by atoms with Crippen molar-refractivity contribution in [3.05, 3.63) is 0 Å². The molecule has 7 atom stereocenters. The molecule has 0 spiro atoms. The molecule has 0 aromatic rings. The summed E-state index contributed by atoms with van der Waals surface area (Å²) in [5.74, 6) is 3.52. The summed E-state index contributed by atoms with van der Waals surface area (Å²) in [6, 6.07) is 0. The molecule has 0 heterocycles. The van der Waals surface area contributed by atoms with E-state index in [1.807, 2.05) is 0 Å². The first kappa shape index (κ1) is 15.2. The van der Waals surface area contributed by atoms with Crippen molar-refractivity contribution in [2.24, 2.45) is 34.5 Å². The van der Waals surface area contributed by atoms with Crippen molar-refractivity contribution in [2.75, 3.05) is 0 Å². The smallest absolute Gasteiger partial charge is 0.139 e. The average Bonchev–Trinajstić information content (AvgIpc) is 2.49. The predicted molar refractivity (Wildman–Crippen MR) is 87.4 cm³/mol. The molecule has 0 bridgehead atoms. The molecule has 22 heavy (non-hydrogen) atoms. The Bertz CT molecular complexity index is 472. The molecule has 4 aliphatic rings. The van der Waals surface area contributed by atoms with Crippen LogP contribution in [-0.2, 0) is 4.79 Å². The zero-order valence-corrected chi connectivity index (χ0v) is 14.3. The average molecular weight is 304 g/mol. The SMILES string of the molecule is C[C@]12CC[C@H](O)C[C@@H]1CC[C@@H]1[C@@H]2CC[C@]2(C)C(=O)CCC[C@@H]12. The number of carbonyl (C=O) groups excluding carboxylic acids is 1. The van der Waals surface area contributed by atoms with Gasteiger partial charge in [0.05, 0.1) is 6.10 Å². The summed E-state index contributed by atoms with van der Waals surface area (Å²) in [6.45, 7) is 4.81. The lowest BCUT2D eigenvalue weighted by molar-refractivity contribution is -0.158. The largest absolute Gasteiger partial charge is 0.393 e. The van der Waals surface area contributed by atoms with Gasteiger partial charge in [-0.2, -0.15) is 0 Å². The summed E-state index contributed by atoms with van der Waals surface area (Å²) in [5, 5.41) is 10.1. The number of Topliss-reactive ketones (excluding diaryl/α,β-unsaturated/α-hetero) is 1. The summed E-state index contributed by atoms with van der Waals surface area (Å²) < 4.78 is 0. The van der Waals surface area contributed by atoms with Crippen LogP contribution in [-0.4, -0.2) is 17.0 Å². The molecule has 0 aliphatic heterocycles. The monoisotopic (exact) mass is 304 g/mol. The molecule has 0 aromatic heterocycles. The second-order valence-electron chi connectivity index (χ2n) is 9.36. The molecule has 0 radical (unpaired) electrons. The zero-order valence-electron chi connectivity index (χ0n) is 14.3. The van der Waals surface area contributed by atoms with Crippen LogP contribution in [0.1, 0.15) is 78.1 Å². The van der Waals surface area contributed by atoms with Crippen LogP contribution >= 0.6 is 0 Å². The fourth-order valence-corrected chi connectivity index (χ4v) is 7.20. The van der Waals surface area contributed by atoms with Gasteiger partial charge in [-0.25, -0.2) is 0 Å². The highest BCUT2D eigenvalue weighted by Gasteiger charge is 2.58. The molecule has 0 saturated heterocycles. The van der Waals surface area contributed by atoms with E-state index in [9.17, 15) is 9.90 Å². The van der Waals surface area contributed by atoms with Crippen LogP contribution in [0.5, 0.6) is 0 Å². The first-order valence-corrected chi connectivity index (χ1v) is 9.66. The van der Waals surface area contributed by atoms with E-state index in [0.29, 0.717) is 17.1 Å². The van der Waals surface area contributed by atoms with Crippen LogP contribution in [0.25, 0.3) is 0 Å². The van der Waals surface area contributed by atoms with E-state index in [1.54, 1.807) is 0 Å². The second kappa shape index (κ2) is 5.06. The van der Waals surface area contributed by atoms with E-state index >= 15 is 0 Å². The lowest BCUT2D eigenvalue weighted by Crippen LogP contribution is -2.56. The van der Waals surface area contributed by atoms with Crippen molar-refractivity contribution in [1.29, 1.82) is 0 Å². The van der Waals surface area contributed by atoms with Crippen molar-refractivity contribution in [1.82, 2.24) is 0 Å². The molecule has 124 valence electrons. The predicted octanol–water partition coefficient (Wildman–Crippen LogP) is 4.35. The maximum absolute atomic E-state index is 12.6. The summed E-state index contributed by atoms with van der Waals surface area (Å²) in [6.07, 6.45) is 11.4. The Morgan fingerprint density at radius 1 is 1.00 bits per heavy atom. The van der Waals surface area contributed by atoms with Gasteiger partial charge in [-0.05, 0) is 86.9 Å². The molecule has 1 N–H and O–H groups in total. The van der Waals surface area contributed by atoms with Gasteiger partial charge in [0.1, 0.15) is 5.78 Å². The third-order valence-corrected chi connectivity index (χ3v) is 8.58. The molecule has 2 heteroatoms. The molecule has 4 fully saturated rings. The van der Waals surface area contributed by atoms with Gasteiger partial charge in [0, 0.05) is 11.8 Å². The summed E-state index contributed by atoms with van der Waals surface area (Å²) in [4.78, 5) is 12.6. The van der Waals surface area contributed by atoms with Crippen LogP contribution < -0.4 is 0 Å². The van der Waals surface area contributed by atoms with Crippen LogP contribution in [0.4, 0.5) is 0 Å². The minimum Gasteiger partial charge on any atom is -0.393 e. The summed E-state index contributed by atoms with van der Waals surface area (Å²) >= 11 is 0. The van der Waals surface area contributed by atoms with E-state index in [-0.39, 0.29) is 11.5 Å². The Kier molecular flexibility index (Phi) is 3.49. The Morgan fingerprint density at radius 2 is 1.82 bits per heavy atom. The van der Waals surface area contributed by atoms with Crippen LogP contribution in [0.15, 0.2) is 0 Å². The van der Waals surface area contributed by atoms with Gasteiger partial charge in [-0.1, -0.05) is 13.8 Å². The fourth-order valence-electron chi connectivity index (χ4n) is 7.20. The standard InChI is InChI=1S/C20H32O2/c1-19-10-8-14(21)12-13(19)6-7-15-16-4-3-5-18(22)20(16,2)11-9-17(15)19/h13-17,21H,3-12H2,1-2H3/t13-,14-,15-,16-,17-,19-,20-/m0/s1. The lowest BCUT2D eigenvalue weighted by atomic mass is 9.43. The number of hydrogen-bond donors (Lipinski definition) is 1. The minimum atomic E-state index is -0.0558. The van der Waals surface area contributed by atoms with E-state index in [1.165, 1.54) is 32.1 Å². The zero-order chi connectivity index (χ0) is 15.5. The van der Waals surface area contributed by atoms with E-state index in [4.69, 9.17) is 0 Å². The Morgan fingerprint density at radius 3 is 2.64 bits per heavy atom. The van der Waals surface area contributed by atoms with Gasteiger partial charge >= 0.3 is 0 Å². The Hall–Kier alpha value is -0.370. The topological polar surface area (TPSA) is 37.3 Å². The van der Waals surface area contributed by atoms with Gasteiger partial charge in [0.25, 0.3) is 0 Å². The van der Waals surface area contributed by atoms with Crippen molar-refractivity contribution < 1.29 is 9.90 Å². The molecule has 4 saturated carbocycles. The number of aliphatic hydroxyl groups excluding tert-OH is 1. The Balaban J connectivity index is 1.63. The molecule has 2 nitrogen and oxygen atoms in total. The number of hydrogen-bond acceptors (Lipinski definition) is 2. The molecular weight excluding hydrogens is 272 g/mol. The van der Waals surface area contributed by atoms with Crippen molar-refractivity contribution in [2.45, 2.75) is 84.2 Å². The molecule has 0 unspecified atom stereocenters. The number of aliphatic hydroxyl groups is 1. The van der Waals surface area contributed by atoms with Gasteiger partial charge in [-0.15, -0.1) is 0 Å². The normalized spacial score (nSPS) is 55.0. The first-order valence-electron chi connectivity index (χ1n) is 9.66. The molecule has 0 aromatic carbocycles. The maximum atomic E-state index is 12.6. The molecule has 4 rings (SSSR count). The number of fused-ring (bicyclic) bond motifs is 5. The Labute approximate surface area is 135 Å². The highest BCUT2D eigenvalue weighted by molar-refractivity contribution is 5.85. The number of ketones is 1. The summed E-state index contributed by atoms with van der Waals surface area (Å²) in [5.41, 5.74) is 0.431. The first-order chi connectivity index (χ1) is 10.4. The van der Waals surface area contributed by atoms with Crippen molar-refractivity contribution >= 4 is 5.78 Å². The third kappa shape index (κ3) is 1.98. The number of rotatable bonds is 0. The lowest BCUT2D eigenvalue weighted by Gasteiger charge is -2.61. The van der Waals surface area contributed by atoms with Gasteiger partial charge in [-0.3, -0.25) is 4.79 Å². The van der Waals surface area contributed by atoms with Crippen molar-refractivity contribution in [3.8, 4) is 0 Å². The molecular formula is C20H32O2. The highest BCUT2D eigenvalue weighted by Crippen LogP contribution is 2.64. The highest BCUT2D eigenvalue weighted by atomic mass is 16.3. The van der Waals surface area contributed by atoms with Gasteiger partial charge < -0.3 is 5.11 Å². The maximum Gasteiger partial charge on any atom is 0.139 e. The fraction of sp³-hybridized carbons (Fsp3) is 0.950. The molecule has 0 amide bonds. The van der Waals surface area contributed by atoms with Gasteiger partial charge in [0.2, 0.25) is 0 Å². The van der Waals surface area contributed by atoms with Crippen LogP contribution in [0.2, 0.25) is 0 Å². The third-order valence-electron chi connectivity index (χ3n) is 8.58. The second-order valence-corrected chi connectivity index (χ2v) is 9.36. The van der Waals surface area contributed by atoms with E-state index < -0.39 is 0 Å². The minimum absolute atomic E-state index is 0.00318. The van der Waals surface area contributed by atoms with Gasteiger partial charge in [0.15, 0.2) is 0 Å². The quantitative estimate of drug-likeness (QED) is 0.722. The van der Waals surface area contributed by atoms with E-state index in [0.717, 1.165) is 49.9 Å². The van der Waals surface area contributed by atoms with E-state index in [2.05, 4.69) is 13.8 Å². The number of carbonyl (C=O) groups is 1. The van der Waals surface area contributed by atoms with Crippen LogP contribution in [0.3, 0.4) is 0 Å². The van der Waals surface area contributed by atoms with Crippen molar-refractivity contribution in [3.63, 3.8) is 0 Å². The van der Waals surface area contributed by atoms with Crippen LogP contribution in [0, 0.1) is 34.5 Å².